The maximum Gasteiger partial charge on any atom is 0.418 e. The predicted molar refractivity (Wildman–Crippen MR) is 115 cm³/mol. The molecule has 11 heteroatoms. The highest BCUT2D eigenvalue weighted by Crippen LogP contribution is 2.34. The van der Waals surface area contributed by atoms with E-state index >= 15 is 0 Å². The van der Waals surface area contributed by atoms with Crippen molar-refractivity contribution < 1.29 is 26.7 Å². The quantitative estimate of drug-likeness (QED) is 0.513. The molecule has 0 bridgehead atoms. The standard InChI is InChI=1S/C21H21F5N4OS/c22-14-6-7-18(16(23)12-14)27-19(31)13-29-8-3-9-30(11-10-29)20(32)28-17-5-2-1-4-15(17)21(24,25)26/h1-2,4-7,12H,3,8-11,13H2,(H,27,31)(H,28,32). The minimum Gasteiger partial charge on any atom is -0.348 e. The van der Waals surface area contributed by atoms with Gasteiger partial charge < -0.3 is 15.5 Å². The molecule has 3 rings (SSSR count). The van der Waals surface area contributed by atoms with Crippen LogP contribution in [0.25, 0.3) is 0 Å². The number of halogens is 5. The Kier molecular flexibility index (Phi) is 7.62. The van der Waals surface area contributed by atoms with E-state index < -0.39 is 29.3 Å². The average molecular weight is 472 g/mol. The van der Waals surface area contributed by atoms with E-state index in [1.807, 2.05) is 4.90 Å². The molecule has 1 saturated heterocycles. The van der Waals surface area contributed by atoms with Crippen LogP contribution in [0.1, 0.15) is 12.0 Å². The summed E-state index contributed by atoms with van der Waals surface area (Å²) in [5.41, 5.74) is -1.03. The van der Waals surface area contributed by atoms with Crippen molar-refractivity contribution in [1.29, 1.82) is 0 Å². The molecule has 32 heavy (non-hydrogen) atoms. The zero-order valence-corrected chi connectivity index (χ0v) is 17.7. The van der Waals surface area contributed by atoms with Crippen LogP contribution in [-0.4, -0.2) is 53.5 Å². The number of nitrogens with zero attached hydrogens (tertiary/aromatic N) is 2. The molecule has 1 amide bonds. The number of carbonyl (C=O) groups is 1. The first-order valence-corrected chi connectivity index (χ1v) is 10.2. The second-order valence-corrected chi connectivity index (χ2v) is 7.65. The number of nitrogens with one attached hydrogen (secondary N) is 2. The van der Waals surface area contributed by atoms with E-state index in [-0.39, 0.29) is 23.0 Å². The summed E-state index contributed by atoms with van der Waals surface area (Å²) in [6.07, 6.45) is -3.88. The van der Waals surface area contributed by atoms with Crippen molar-refractivity contribution in [3.05, 3.63) is 59.7 Å². The van der Waals surface area contributed by atoms with Crippen LogP contribution in [0.5, 0.6) is 0 Å². The predicted octanol–water partition coefficient (Wildman–Crippen LogP) is 4.33. The summed E-state index contributed by atoms with van der Waals surface area (Å²) in [7, 11) is 0. The van der Waals surface area contributed by atoms with E-state index in [2.05, 4.69) is 10.6 Å². The fourth-order valence-corrected chi connectivity index (χ4v) is 3.64. The van der Waals surface area contributed by atoms with E-state index in [1.54, 1.807) is 4.90 Å². The summed E-state index contributed by atoms with van der Waals surface area (Å²) >= 11 is 5.31. The van der Waals surface area contributed by atoms with Crippen LogP contribution >= 0.6 is 12.2 Å². The smallest absolute Gasteiger partial charge is 0.348 e. The number of anilines is 2. The molecule has 0 spiro atoms. The Bertz CT molecular complexity index is 985. The molecular weight excluding hydrogens is 451 g/mol. The molecule has 2 aromatic rings. The lowest BCUT2D eigenvalue weighted by atomic mass is 10.1. The van der Waals surface area contributed by atoms with Crippen molar-refractivity contribution in [2.75, 3.05) is 43.4 Å². The number of alkyl halides is 3. The minimum atomic E-state index is -4.51. The first-order chi connectivity index (χ1) is 15.1. The van der Waals surface area contributed by atoms with Gasteiger partial charge in [0.25, 0.3) is 0 Å². The molecule has 2 aromatic carbocycles. The van der Waals surface area contributed by atoms with Crippen molar-refractivity contribution in [3.63, 3.8) is 0 Å². The number of rotatable bonds is 4. The minimum absolute atomic E-state index is 0.0121. The van der Waals surface area contributed by atoms with E-state index in [0.717, 1.165) is 18.2 Å². The van der Waals surface area contributed by atoms with Crippen molar-refractivity contribution in [1.82, 2.24) is 9.80 Å². The first-order valence-electron chi connectivity index (χ1n) is 9.83. The number of benzene rings is 2. The van der Waals surface area contributed by atoms with Gasteiger partial charge >= 0.3 is 6.18 Å². The fourth-order valence-electron chi connectivity index (χ4n) is 3.35. The molecule has 0 aromatic heterocycles. The van der Waals surface area contributed by atoms with Crippen molar-refractivity contribution in [3.8, 4) is 0 Å². The monoisotopic (exact) mass is 472 g/mol. The third-order valence-electron chi connectivity index (χ3n) is 4.92. The molecular formula is C21H21F5N4OS. The largest absolute Gasteiger partial charge is 0.418 e. The molecule has 0 aliphatic carbocycles. The Morgan fingerprint density at radius 2 is 1.72 bits per heavy atom. The summed E-state index contributed by atoms with van der Waals surface area (Å²) < 4.78 is 66.3. The Balaban J connectivity index is 1.55. The lowest BCUT2D eigenvalue weighted by Crippen LogP contribution is -2.39. The zero-order chi connectivity index (χ0) is 23.3. The maximum atomic E-state index is 13.7. The van der Waals surface area contributed by atoms with Crippen LogP contribution in [0.2, 0.25) is 0 Å². The first kappa shape index (κ1) is 23.9. The van der Waals surface area contributed by atoms with E-state index in [0.29, 0.717) is 38.7 Å². The Morgan fingerprint density at radius 3 is 2.44 bits per heavy atom. The third kappa shape index (κ3) is 6.36. The summed E-state index contributed by atoms with van der Waals surface area (Å²) in [6, 6.07) is 7.99. The number of hydrogen-bond donors (Lipinski definition) is 2. The van der Waals surface area contributed by atoms with Gasteiger partial charge in [0, 0.05) is 32.2 Å². The van der Waals surface area contributed by atoms with Crippen LogP contribution in [0.15, 0.2) is 42.5 Å². The normalized spacial score (nSPS) is 15.2. The van der Waals surface area contributed by atoms with Crippen LogP contribution in [0.3, 0.4) is 0 Å². The van der Waals surface area contributed by atoms with Crippen molar-refractivity contribution >= 4 is 34.6 Å². The second kappa shape index (κ2) is 10.2. The highest BCUT2D eigenvalue weighted by atomic mass is 32.1. The summed E-state index contributed by atoms with van der Waals surface area (Å²) in [5, 5.41) is 5.26. The van der Waals surface area contributed by atoms with Gasteiger partial charge in [-0.1, -0.05) is 12.1 Å². The molecule has 2 N–H and O–H groups in total. The molecule has 1 heterocycles. The van der Waals surface area contributed by atoms with E-state index in [4.69, 9.17) is 12.2 Å². The van der Waals surface area contributed by atoms with Gasteiger partial charge in [-0.3, -0.25) is 9.69 Å². The fraction of sp³-hybridized carbons (Fsp3) is 0.333. The highest BCUT2D eigenvalue weighted by Gasteiger charge is 2.33. The lowest BCUT2D eigenvalue weighted by Gasteiger charge is -2.25. The van der Waals surface area contributed by atoms with Crippen LogP contribution in [0.4, 0.5) is 33.3 Å². The molecule has 1 fully saturated rings. The molecule has 5 nitrogen and oxygen atoms in total. The lowest BCUT2D eigenvalue weighted by molar-refractivity contribution is -0.136. The van der Waals surface area contributed by atoms with Crippen molar-refractivity contribution in [2.45, 2.75) is 12.6 Å². The van der Waals surface area contributed by atoms with Gasteiger partial charge in [-0.2, -0.15) is 13.2 Å². The van der Waals surface area contributed by atoms with E-state index in [1.165, 1.54) is 18.2 Å². The number of para-hydroxylation sites is 1. The molecule has 0 atom stereocenters. The van der Waals surface area contributed by atoms with Gasteiger partial charge in [-0.05, 0) is 42.9 Å². The Labute approximate surface area is 187 Å². The topological polar surface area (TPSA) is 47.6 Å². The van der Waals surface area contributed by atoms with Gasteiger partial charge in [0.2, 0.25) is 5.91 Å². The van der Waals surface area contributed by atoms with Gasteiger partial charge in [0.15, 0.2) is 5.11 Å². The van der Waals surface area contributed by atoms with Gasteiger partial charge in [-0.25, -0.2) is 8.78 Å². The van der Waals surface area contributed by atoms with E-state index in [9.17, 15) is 26.7 Å². The van der Waals surface area contributed by atoms with Gasteiger partial charge in [0.05, 0.1) is 23.5 Å². The SMILES string of the molecule is O=C(CN1CCCN(C(=S)Nc2ccccc2C(F)(F)F)CC1)Nc1ccc(F)cc1F. The molecule has 1 aliphatic rings. The van der Waals surface area contributed by atoms with Gasteiger partial charge in [0.1, 0.15) is 11.6 Å². The van der Waals surface area contributed by atoms with Gasteiger partial charge in [-0.15, -0.1) is 0 Å². The molecule has 0 unspecified atom stereocenters. The summed E-state index contributed by atoms with van der Waals surface area (Å²) in [6.45, 7) is 1.88. The number of thiocarbonyl (C=S) groups is 1. The molecule has 0 saturated carbocycles. The molecule has 1 aliphatic heterocycles. The average Bonchev–Trinajstić information content (AvgIpc) is 2.95. The maximum absolute atomic E-state index is 13.7. The number of carbonyl (C=O) groups excluding carboxylic acids is 1. The second-order valence-electron chi connectivity index (χ2n) is 7.26. The van der Waals surface area contributed by atoms with Crippen LogP contribution in [0, 0.1) is 11.6 Å². The molecule has 0 radical (unpaired) electrons. The number of hydrogen-bond acceptors (Lipinski definition) is 3. The van der Waals surface area contributed by atoms with Crippen LogP contribution < -0.4 is 10.6 Å². The Morgan fingerprint density at radius 1 is 0.969 bits per heavy atom. The van der Waals surface area contributed by atoms with Crippen molar-refractivity contribution in [2.24, 2.45) is 0 Å². The number of amides is 1. The molecule has 172 valence electrons. The van der Waals surface area contributed by atoms with Crippen LogP contribution in [-0.2, 0) is 11.0 Å². The highest BCUT2D eigenvalue weighted by molar-refractivity contribution is 7.80. The summed E-state index contributed by atoms with van der Waals surface area (Å²) in [5.74, 6) is -2.06. The zero-order valence-electron chi connectivity index (χ0n) is 16.9. The third-order valence-corrected chi connectivity index (χ3v) is 5.28. The summed E-state index contributed by atoms with van der Waals surface area (Å²) in [4.78, 5) is 15.8. The Hall–Kier alpha value is -2.79.